The molecule has 0 bridgehead atoms. The number of carbonyl (C=O) groups excluding carboxylic acids is 1. The summed E-state index contributed by atoms with van der Waals surface area (Å²) in [6.07, 6.45) is 2.13. The van der Waals surface area contributed by atoms with Crippen LogP contribution in [-0.2, 0) is 9.53 Å². The molecule has 2 aromatic rings. The monoisotopic (exact) mass is 264 g/mol. The van der Waals surface area contributed by atoms with E-state index >= 15 is 0 Å². The number of carbonyl (C=O) groups is 1. The smallest absolute Gasteiger partial charge is 0.330 e. The van der Waals surface area contributed by atoms with Gasteiger partial charge in [-0.1, -0.05) is 0 Å². The predicted octanol–water partition coefficient (Wildman–Crippen LogP) is -0.396. The molecule has 8 nitrogen and oxygen atoms in total. The lowest BCUT2D eigenvalue weighted by Crippen LogP contribution is -2.27. The van der Waals surface area contributed by atoms with Gasteiger partial charge in [0.2, 0.25) is 5.43 Å². The van der Waals surface area contributed by atoms with Crippen molar-refractivity contribution in [3.63, 3.8) is 0 Å². The largest absolute Gasteiger partial charge is 0.464 e. The molecule has 1 atom stereocenters. The van der Waals surface area contributed by atoms with Crippen LogP contribution in [0.5, 0.6) is 0 Å². The second-order valence-corrected chi connectivity index (χ2v) is 3.81. The predicted molar refractivity (Wildman–Crippen MR) is 65.8 cm³/mol. The second kappa shape index (κ2) is 5.01. The minimum Gasteiger partial charge on any atom is -0.464 e. The molecule has 0 amide bonds. The first-order valence-corrected chi connectivity index (χ1v) is 5.68. The van der Waals surface area contributed by atoms with Crippen LogP contribution in [-0.4, -0.2) is 32.3 Å². The topological polar surface area (TPSA) is 107 Å². The van der Waals surface area contributed by atoms with Crippen LogP contribution in [0.3, 0.4) is 0 Å². The van der Waals surface area contributed by atoms with E-state index in [0.29, 0.717) is 0 Å². The minimum absolute atomic E-state index is 0.0526. The Morgan fingerprint density at radius 2 is 2.26 bits per heavy atom. The summed E-state index contributed by atoms with van der Waals surface area (Å²) < 4.78 is 6.07. The lowest BCUT2D eigenvalue weighted by atomic mass is 10.3. The molecule has 0 aliphatic heterocycles. The van der Waals surface area contributed by atoms with E-state index in [4.69, 9.17) is 4.74 Å². The van der Waals surface area contributed by atoms with Crippen molar-refractivity contribution in [1.82, 2.24) is 19.7 Å². The van der Waals surface area contributed by atoms with E-state index in [1.807, 2.05) is 0 Å². The number of hydrogen-bond acceptors (Lipinski definition) is 6. The molecular weight excluding hydrogens is 252 g/mol. The number of ether oxygens (including phenoxy) is 1. The number of aromatic nitrogens is 4. The Bertz CT molecular complexity index is 720. The summed E-state index contributed by atoms with van der Waals surface area (Å²) in [6.45, 7) is 3.47. The fourth-order valence-electron chi connectivity index (χ4n) is 1.67. The molecule has 0 saturated heterocycles. The number of aromatic amines is 1. The number of hydrogen-bond donors (Lipinski definition) is 1. The number of fused-ring (bicyclic) bond motifs is 1. The van der Waals surface area contributed by atoms with Crippen LogP contribution in [0.2, 0.25) is 0 Å². The zero-order valence-corrected chi connectivity index (χ0v) is 10.4. The molecule has 19 heavy (non-hydrogen) atoms. The molecule has 8 heteroatoms. The molecule has 0 aromatic carbocycles. The van der Waals surface area contributed by atoms with E-state index in [-0.39, 0.29) is 17.6 Å². The van der Waals surface area contributed by atoms with Gasteiger partial charge in [-0.3, -0.25) is 9.59 Å². The molecule has 0 saturated carbocycles. The standard InChI is InChI=1S/C11H12N4O4/c1-3-19-11(18)6(2)15-9-8(7(16)4-14-15)10(17)13-5-12-9/h4-6H,3H2,1-2H3,(H,12,13,17). The Labute approximate surface area is 107 Å². The molecule has 100 valence electrons. The third kappa shape index (κ3) is 2.24. The molecule has 1 unspecified atom stereocenters. The van der Waals surface area contributed by atoms with Gasteiger partial charge < -0.3 is 9.72 Å². The number of H-pyrrole nitrogens is 1. The normalized spacial score (nSPS) is 12.3. The van der Waals surface area contributed by atoms with Crippen molar-refractivity contribution in [3.05, 3.63) is 33.1 Å². The van der Waals surface area contributed by atoms with Crippen LogP contribution in [0.15, 0.2) is 22.1 Å². The Balaban J connectivity index is 2.66. The summed E-state index contributed by atoms with van der Waals surface area (Å²) in [5.74, 6) is -0.512. The summed E-state index contributed by atoms with van der Waals surface area (Å²) in [5.41, 5.74) is -1.06. The van der Waals surface area contributed by atoms with Gasteiger partial charge >= 0.3 is 5.97 Å². The first-order chi connectivity index (χ1) is 9.06. The van der Waals surface area contributed by atoms with Gasteiger partial charge in [0.15, 0.2) is 5.65 Å². The van der Waals surface area contributed by atoms with E-state index in [1.165, 1.54) is 4.68 Å². The number of nitrogens with one attached hydrogen (secondary N) is 1. The Morgan fingerprint density at radius 3 is 2.95 bits per heavy atom. The van der Waals surface area contributed by atoms with Gasteiger partial charge in [-0.05, 0) is 13.8 Å². The maximum atomic E-state index is 11.7. The van der Waals surface area contributed by atoms with Gasteiger partial charge in [-0.15, -0.1) is 0 Å². The molecule has 2 aromatic heterocycles. The van der Waals surface area contributed by atoms with Crippen molar-refractivity contribution in [2.75, 3.05) is 6.61 Å². The molecule has 2 rings (SSSR count). The molecule has 1 N–H and O–H groups in total. The van der Waals surface area contributed by atoms with Crippen LogP contribution >= 0.6 is 0 Å². The Kier molecular flexibility index (Phi) is 3.41. The first kappa shape index (κ1) is 12.9. The van der Waals surface area contributed by atoms with Crippen LogP contribution in [0.25, 0.3) is 11.0 Å². The van der Waals surface area contributed by atoms with Crippen molar-refractivity contribution in [3.8, 4) is 0 Å². The van der Waals surface area contributed by atoms with Gasteiger partial charge in [-0.25, -0.2) is 14.5 Å². The molecular formula is C11H12N4O4. The fraction of sp³-hybridized carbons (Fsp3) is 0.364. The molecule has 0 fully saturated rings. The number of esters is 1. The second-order valence-electron chi connectivity index (χ2n) is 3.81. The molecule has 0 spiro atoms. The summed E-state index contributed by atoms with van der Waals surface area (Å²) in [6, 6.07) is -0.780. The van der Waals surface area contributed by atoms with Crippen LogP contribution in [0.4, 0.5) is 0 Å². The van der Waals surface area contributed by atoms with Crippen LogP contribution < -0.4 is 11.0 Å². The van der Waals surface area contributed by atoms with E-state index in [9.17, 15) is 14.4 Å². The number of nitrogens with zero attached hydrogens (tertiary/aromatic N) is 3. The van der Waals surface area contributed by atoms with Gasteiger partial charge in [0.05, 0.1) is 19.1 Å². The minimum atomic E-state index is -0.780. The fourth-order valence-corrected chi connectivity index (χ4v) is 1.67. The highest BCUT2D eigenvalue weighted by molar-refractivity contribution is 5.78. The highest BCUT2D eigenvalue weighted by Crippen LogP contribution is 2.10. The van der Waals surface area contributed by atoms with E-state index in [1.54, 1.807) is 13.8 Å². The highest BCUT2D eigenvalue weighted by atomic mass is 16.5. The lowest BCUT2D eigenvalue weighted by molar-refractivity contribution is -0.146. The average Bonchev–Trinajstić information content (AvgIpc) is 2.39. The average molecular weight is 264 g/mol. The maximum absolute atomic E-state index is 11.7. The van der Waals surface area contributed by atoms with E-state index < -0.39 is 23.0 Å². The molecule has 2 heterocycles. The van der Waals surface area contributed by atoms with Crippen molar-refractivity contribution < 1.29 is 9.53 Å². The van der Waals surface area contributed by atoms with Gasteiger partial charge in [0.25, 0.3) is 5.56 Å². The Hall–Kier alpha value is -2.51. The third-order valence-corrected chi connectivity index (χ3v) is 2.59. The third-order valence-electron chi connectivity index (χ3n) is 2.59. The summed E-state index contributed by atoms with van der Waals surface area (Å²) in [4.78, 5) is 41.1. The summed E-state index contributed by atoms with van der Waals surface area (Å²) in [7, 11) is 0. The lowest BCUT2D eigenvalue weighted by Gasteiger charge is -2.14. The van der Waals surface area contributed by atoms with Gasteiger partial charge in [0.1, 0.15) is 11.4 Å². The van der Waals surface area contributed by atoms with Gasteiger partial charge in [0, 0.05) is 0 Å². The Morgan fingerprint density at radius 1 is 1.53 bits per heavy atom. The maximum Gasteiger partial charge on any atom is 0.330 e. The van der Waals surface area contributed by atoms with Gasteiger partial charge in [-0.2, -0.15) is 5.10 Å². The zero-order valence-electron chi connectivity index (χ0n) is 10.4. The number of rotatable bonds is 3. The van der Waals surface area contributed by atoms with E-state index in [0.717, 1.165) is 12.5 Å². The SMILES string of the molecule is CCOC(=O)C(C)n1ncc(=O)c2c(=O)[nH]cnc21. The van der Waals surface area contributed by atoms with Crippen molar-refractivity contribution in [1.29, 1.82) is 0 Å². The summed E-state index contributed by atoms with van der Waals surface area (Å²) in [5, 5.41) is 3.71. The quantitative estimate of drug-likeness (QED) is 0.756. The van der Waals surface area contributed by atoms with Crippen LogP contribution in [0, 0.1) is 0 Å². The van der Waals surface area contributed by atoms with Crippen molar-refractivity contribution in [2.24, 2.45) is 0 Å². The highest BCUT2D eigenvalue weighted by Gasteiger charge is 2.20. The van der Waals surface area contributed by atoms with Crippen molar-refractivity contribution >= 4 is 17.0 Å². The first-order valence-electron chi connectivity index (χ1n) is 5.68. The molecule has 0 aliphatic carbocycles. The van der Waals surface area contributed by atoms with E-state index in [2.05, 4.69) is 15.1 Å². The van der Waals surface area contributed by atoms with Crippen LogP contribution in [0.1, 0.15) is 19.9 Å². The molecule has 0 aliphatic rings. The zero-order chi connectivity index (χ0) is 14.0. The summed E-state index contributed by atoms with van der Waals surface area (Å²) >= 11 is 0. The molecule has 0 radical (unpaired) electrons. The van der Waals surface area contributed by atoms with Crippen molar-refractivity contribution in [2.45, 2.75) is 19.9 Å².